The molecule has 1 aliphatic rings. The predicted octanol–water partition coefficient (Wildman–Crippen LogP) is 2.64. The quantitative estimate of drug-likeness (QED) is 0.446. The summed E-state index contributed by atoms with van der Waals surface area (Å²) in [6, 6.07) is 0. The number of nitrogens with zero attached hydrogens (tertiary/aromatic N) is 1. The standard InChI is InChI=1S/C15H24N2O2S/c1-5-8-10-17-13(19)15(9-6-2,11(4)7-3)12(18)16-14(17)20/h6,11H,2,5,7-10H2,1,3-4H3,(H,16,18,20). The van der Waals surface area contributed by atoms with Crippen LogP contribution in [-0.2, 0) is 9.59 Å². The highest BCUT2D eigenvalue weighted by Gasteiger charge is 2.54. The van der Waals surface area contributed by atoms with Crippen LogP contribution in [0, 0.1) is 11.3 Å². The molecule has 2 amide bonds. The van der Waals surface area contributed by atoms with Gasteiger partial charge in [0.1, 0.15) is 5.41 Å². The van der Waals surface area contributed by atoms with Crippen molar-refractivity contribution in [3.8, 4) is 0 Å². The Morgan fingerprint density at radius 3 is 2.60 bits per heavy atom. The molecule has 0 aliphatic carbocycles. The molecule has 1 aliphatic heterocycles. The van der Waals surface area contributed by atoms with E-state index in [4.69, 9.17) is 12.2 Å². The summed E-state index contributed by atoms with van der Waals surface area (Å²) in [5.74, 6) is -0.510. The fraction of sp³-hybridized carbons (Fsp3) is 0.667. The van der Waals surface area contributed by atoms with E-state index in [0.717, 1.165) is 19.3 Å². The van der Waals surface area contributed by atoms with Gasteiger partial charge in [-0.05, 0) is 31.0 Å². The largest absolute Gasteiger partial charge is 0.302 e. The average Bonchev–Trinajstić information content (AvgIpc) is 2.42. The number of rotatable bonds is 7. The van der Waals surface area contributed by atoms with Crippen molar-refractivity contribution in [3.05, 3.63) is 12.7 Å². The molecule has 2 atom stereocenters. The number of amides is 2. The highest BCUT2D eigenvalue weighted by Crippen LogP contribution is 2.39. The summed E-state index contributed by atoms with van der Waals surface area (Å²) in [6.07, 6.45) is 4.58. The van der Waals surface area contributed by atoms with E-state index < -0.39 is 5.41 Å². The number of allylic oxidation sites excluding steroid dienone is 1. The van der Waals surface area contributed by atoms with E-state index in [1.165, 1.54) is 0 Å². The summed E-state index contributed by atoms with van der Waals surface area (Å²) in [7, 11) is 0. The highest BCUT2D eigenvalue weighted by molar-refractivity contribution is 7.80. The lowest BCUT2D eigenvalue weighted by atomic mass is 9.69. The smallest absolute Gasteiger partial charge is 0.245 e. The van der Waals surface area contributed by atoms with Gasteiger partial charge < -0.3 is 5.32 Å². The van der Waals surface area contributed by atoms with Crippen LogP contribution in [-0.4, -0.2) is 28.4 Å². The Morgan fingerprint density at radius 2 is 2.10 bits per heavy atom. The maximum atomic E-state index is 12.9. The highest BCUT2D eigenvalue weighted by atomic mass is 32.1. The van der Waals surface area contributed by atoms with Crippen LogP contribution in [0.4, 0.5) is 0 Å². The first-order valence-corrected chi connectivity index (χ1v) is 7.64. The number of hydrogen-bond donors (Lipinski definition) is 1. The molecule has 0 spiro atoms. The van der Waals surface area contributed by atoms with Crippen LogP contribution >= 0.6 is 12.2 Å². The van der Waals surface area contributed by atoms with Crippen molar-refractivity contribution < 1.29 is 9.59 Å². The van der Waals surface area contributed by atoms with Crippen molar-refractivity contribution in [2.45, 2.75) is 46.5 Å². The molecule has 0 aromatic rings. The molecule has 112 valence electrons. The predicted molar refractivity (Wildman–Crippen MR) is 84.1 cm³/mol. The summed E-state index contributed by atoms with van der Waals surface area (Å²) in [5, 5.41) is 2.94. The Hall–Kier alpha value is -1.23. The van der Waals surface area contributed by atoms with Gasteiger partial charge in [0.05, 0.1) is 0 Å². The number of carbonyl (C=O) groups excluding carboxylic acids is 2. The Balaban J connectivity index is 3.19. The number of nitrogens with one attached hydrogen (secondary N) is 1. The molecule has 0 saturated carbocycles. The molecule has 0 radical (unpaired) electrons. The third-order valence-electron chi connectivity index (χ3n) is 4.15. The van der Waals surface area contributed by atoms with Gasteiger partial charge in [-0.25, -0.2) is 0 Å². The molecule has 1 N–H and O–H groups in total. The van der Waals surface area contributed by atoms with E-state index in [-0.39, 0.29) is 22.8 Å². The van der Waals surface area contributed by atoms with Gasteiger partial charge in [0.25, 0.3) is 0 Å². The minimum atomic E-state index is -1.06. The first-order valence-electron chi connectivity index (χ1n) is 7.23. The molecule has 20 heavy (non-hydrogen) atoms. The van der Waals surface area contributed by atoms with Gasteiger partial charge in [0.2, 0.25) is 11.8 Å². The van der Waals surface area contributed by atoms with Gasteiger partial charge >= 0.3 is 0 Å². The van der Waals surface area contributed by atoms with Gasteiger partial charge in [-0.15, -0.1) is 6.58 Å². The summed E-state index contributed by atoms with van der Waals surface area (Å²) in [5.41, 5.74) is -1.06. The molecule has 4 nitrogen and oxygen atoms in total. The van der Waals surface area contributed by atoms with E-state index in [1.54, 1.807) is 11.0 Å². The Bertz CT molecular complexity index is 422. The maximum absolute atomic E-state index is 12.9. The van der Waals surface area contributed by atoms with E-state index in [9.17, 15) is 9.59 Å². The Morgan fingerprint density at radius 1 is 1.45 bits per heavy atom. The van der Waals surface area contributed by atoms with Gasteiger partial charge in [-0.3, -0.25) is 14.5 Å². The number of carbonyl (C=O) groups is 2. The normalized spacial score (nSPS) is 24.6. The lowest BCUT2D eigenvalue weighted by Crippen LogP contribution is -2.65. The number of hydrogen-bond acceptors (Lipinski definition) is 3. The summed E-state index contributed by atoms with van der Waals surface area (Å²) >= 11 is 5.15. The molecule has 0 aromatic carbocycles. The lowest BCUT2D eigenvalue weighted by molar-refractivity contribution is -0.153. The molecule has 0 bridgehead atoms. The lowest BCUT2D eigenvalue weighted by Gasteiger charge is -2.43. The van der Waals surface area contributed by atoms with Gasteiger partial charge in [-0.1, -0.05) is 39.7 Å². The van der Waals surface area contributed by atoms with Crippen LogP contribution in [0.15, 0.2) is 12.7 Å². The van der Waals surface area contributed by atoms with Crippen molar-refractivity contribution in [1.29, 1.82) is 0 Å². The summed E-state index contributed by atoms with van der Waals surface area (Å²) < 4.78 is 0. The Kier molecular flexibility index (Phi) is 5.87. The van der Waals surface area contributed by atoms with Crippen molar-refractivity contribution in [3.63, 3.8) is 0 Å². The number of thiocarbonyl (C=S) groups is 1. The topological polar surface area (TPSA) is 49.4 Å². The van der Waals surface area contributed by atoms with E-state index in [1.807, 2.05) is 13.8 Å². The molecule has 2 unspecified atom stereocenters. The zero-order valence-electron chi connectivity index (χ0n) is 12.6. The van der Waals surface area contributed by atoms with Crippen LogP contribution < -0.4 is 5.32 Å². The van der Waals surface area contributed by atoms with Crippen LogP contribution in [0.1, 0.15) is 46.5 Å². The van der Waals surface area contributed by atoms with Crippen LogP contribution in [0.5, 0.6) is 0 Å². The van der Waals surface area contributed by atoms with Crippen LogP contribution in [0.2, 0.25) is 0 Å². The molecule has 1 fully saturated rings. The minimum absolute atomic E-state index is 0.0553. The fourth-order valence-corrected chi connectivity index (χ4v) is 2.88. The van der Waals surface area contributed by atoms with Gasteiger partial charge in [-0.2, -0.15) is 0 Å². The summed E-state index contributed by atoms with van der Waals surface area (Å²) in [4.78, 5) is 26.9. The second-order valence-electron chi connectivity index (χ2n) is 5.34. The second kappa shape index (κ2) is 6.97. The molecule has 1 heterocycles. The molecular formula is C15H24N2O2S. The van der Waals surface area contributed by atoms with Gasteiger partial charge in [0.15, 0.2) is 5.11 Å². The number of unbranched alkanes of at least 4 members (excludes halogenated alkanes) is 1. The van der Waals surface area contributed by atoms with E-state index in [0.29, 0.717) is 13.0 Å². The third-order valence-corrected chi connectivity index (χ3v) is 4.48. The van der Waals surface area contributed by atoms with Crippen LogP contribution in [0.25, 0.3) is 0 Å². The van der Waals surface area contributed by atoms with Gasteiger partial charge in [0, 0.05) is 6.54 Å². The molecule has 0 aromatic heterocycles. The third kappa shape index (κ3) is 2.77. The van der Waals surface area contributed by atoms with E-state index >= 15 is 0 Å². The first kappa shape index (κ1) is 16.8. The Labute approximate surface area is 126 Å². The van der Waals surface area contributed by atoms with Crippen molar-refractivity contribution in [2.24, 2.45) is 11.3 Å². The SMILES string of the molecule is C=CCC1(C(C)CC)C(=O)NC(=S)N(CCCC)C1=O. The van der Waals surface area contributed by atoms with E-state index in [2.05, 4.69) is 18.8 Å². The maximum Gasteiger partial charge on any atom is 0.245 e. The monoisotopic (exact) mass is 296 g/mol. The zero-order valence-corrected chi connectivity index (χ0v) is 13.4. The molecule has 1 saturated heterocycles. The molecular weight excluding hydrogens is 272 g/mol. The van der Waals surface area contributed by atoms with Crippen molar-refractivity contribution >= 4 is 29.1 Å². The summed E-state index contributed by atoms with van der Waals surface area (Å²) in [6.45, 7) is 10.2. The molecule has 5 heteroatoms. The van der Waals surface area contributed by atoms with Crippen molar-refractivity contribution in [1.82, 2.24) is 10.2 Å². The zero-order chi connectivity index (χ0) is 15.3. The van der Waals surface area contributed by atoms with Crippen LogP contribution in [0.3, 0.4) is 0 Å². The fourth-order valence-electron chi connectivity index (χ4n) is 2.62. The molecule has 1 rings (SSSR count). The van der Waals surface area contributed by atoms with Crippen molar-refractivity contribution in [2.75, 3.05) is 6.54 Å². The average molecular weight is 296 g/mol. The minimum Gasteiger partial charge on any atom is -0.302 e. The first-order chi connectivity index (χ1) is 9.45. The second-order valence-corrected chi connectivity index (χ2v) is 5.73.